The fraction of sp³-hybridized carbons (Fsp3) is 0.667. The lowest BCUT2D eigenvalue weighted by atomic mass is 9.85. The van der Waals surface area contributed by atoms with E-state index in [2.05, 4.69) is 27.9 Å². The second-order valence-electron chi connectivity index (χ2n) is 6.49. The normalized spacial score (nSPS) is 19.1. The minimum absolute atomic E-state index is 0.195. The van der Waals surface area contributed by atoms with Gasteiger partial charge < -0.3 is 16.0 Å². The first-order valence-corrected chi connectivity index (χ1v) is 8.88. The second kappa shape index (κ2) is 10.2. The van der Waals surface area contributed by atoms with Gasteiger partial charge in [0.15, 0.2) is 0 Å². The molecule has 5 heteroatoms. The van der Waals surface area contributed by atoms with Crippen LogP contribution in [0.1, 0.15) is 39.0 Å². The Balaban J connectivity index is 1.49. The van der Waals surface area contributed by atoms with Crippen LogP contribution in [0.25, 0.3) is 0 Å². The van der Waals surface area contributed by atoms with Gasteiger partial charge in [-0.2, -0.15) is 0 Å². The molecule has 2 atom stereocenters. The highest BCUT2D eigenvalue weighted by atomic mass is 16.1. The molecule has 5 nitrogen and oxygen atoms in total. The predicted molar refractivity (Wildman–Crippen MR) is 94.3 cm³/mol. The highest BCUT2D eigenvalue weighted by Crippen LogP contribution is 2.22. The molecule has 1 aliphatic heterocycles. The molecule has 23 heavy (non-hydrogen) atoms. The molecule has 2 heterocycles. The van der Waals surface area contributed by atoms with Crippen molar-refractivity contribution in [2.45, 2.75) is 39.0 Å². The Bertz CT molecular complexity index is 446. The van der Waals surface area contributed by atoms with Gasteiger partial charge in [-0.3, -0.25) is 4.79 Å². The van der Waals surface area contributed by atoms with Crippen LogP contribution in [0.2, 0.25) is 0 Å². The van der Waals surface area contributed by atoms with Gasteiger partial charge in [0.05, 0.1) is 0 Å². The number of anilines is 1. The van der Waals surface area contributed by atoms with Crippen LogP contribution in [0.4, 0.5) is 5.82 Å². The van der Waals surface area contributed by atoms with Gasteiger partial charge in [-0.05, 0) is 62.7 Å². The molecule has 1 aliphatic rings. The number of piperidine rings is 1. The van der Waals surface area contributed by atoms with Crippen molar-refractivity contribution in [3.63, 3.8) is 0 Å². The van der Waals surface area contributed by atoms with Crippen LogP contribution in [0.15, 0.2) is 24.4 Å². The first-order chi connectivity index (χ1) is 11.3. The van der Waals surface area contributed by atoms with Crippen molar-refractivity contribution in [2.24, 2.45) is 11.8 Å². The molecule has 0 spiro atoms. The molecule has 0 aliphatic carbocycles. The number of nitrogens with one attached hydrogen (secondary N) is 3. The van der Waals surface area contributed by atoms with E-state index in [0.29, 0.717) is 18.3 Å². The Kier molecular flexibility index (Phi) is 7.87. The third-order valence-electron chi connectivity index (χ3n) is 4.54. The van der Waals surface area contributed by atoms with E-state index in [1.807, 2.05) is 18.2 Å². The number of hydrogen-bond donors (Lipinski definition) is 3. The molecule has 0 bridgehead atoms. The standard InChI is InChI=1S/C18H30N4O/c1-15(16-7-6-9-19-14-16)13-18(23)22-12-5-4-11-21-17-8-2-3-10-20-17/h2-3,8,10,15-16,19H,4-7,9,11-14H2,1H3,(H,20,21)(H,22,23). The Hall–Kier alpha value is -1.62. The lowest BCUT2D eigenvalue weighted by Crippen LogP contribution is -2.35. The summed E-state index contributed by atoms with van der Waals surface area (Å²) in [7, 11) is 0. The maximum atomic E-state index is 12.0. The van der Waals surface area contributed by atoms with Crippen LogP contribution in [0, 0.1) is 11.8 Å². The molecular weight excluding hydrogens is 288 g/mol. The number of unbranched alkanes of at least 4 members (excludes halogenated alkanes) is 1. The number of pyridine rings is 1. The van der Waals surface area contributed by atoms with Gasteiger partial charge in [-0.15, -0.1) is 0 Å². The third-order valence-corrected chi connectivity index (χ3v) is 4.54. The second-order valence-corrected chi connectivity index (χ2v) is 6.49. The lowest BCUT2D eigenvalue weighted by Gasteiger charge is -2.28. The van der Waals surface area contributed by atoms with Crippen molar-refractivity contribution in [1.29, 1.82) is 0 Å². The number of amides is 1. The average Bonchev–Trinajstić information content (AvgIpc) is 2.59. The number of rotatable bonds is 9. The molecule has 128 valence electrons. The SMILES string of the molecule is CC(CC(=O)NCCCCNc1ccccn1)C1CCCNC1. The van der Waals surface area contributed by atoms with E-state index in [0.717, 1.165) is 44.8 Å². The number of carbonyl (C=O) groups excluding carboxylic acids is 1. The summed E-state index contributed by atoms with van der Waals surface area (Å²) in [6, 6.07) is 5.84. The largest absolute Gasteiger partial charge is 0.370 e. The quantitative estimate of drug-likeness (QED) is 0.612. The van der Waals surface area contributed by atoms with Crippen LogP contribution in [-0.4, -0.2) is 37.1 Å². The van der Waals surface area contributed by atoms with Gasteiger partial charge >= 0.3 is 0 Å². The monoisotopic (exact) mass is 318 g/mol. The molecule has 1 aromatic rings. The smallest absolute Gasteiger partial charge is 0.220 e. The molecule has 0 radical (unpaired) electrons. The predicted octanol–water partition coefficient (Wildman–Crippen LogP) is 2.42. The van der Waals surface area contributed by atoms with Crippen molar-refractivity contribution >= 4 is 11.7 Å². The number of nitrogens with zero attached hydrogens (tertiary/aromatic N) is 1. The van der Waals surface area contributed by atoms with E-state index < -0.39 is 0 Å². The fourth-order valence-electron chi connectivity index (χ4n) is 3.06. The van der Waals surface area contributed by atoms with Crippen LogP contribution >= 0.6 is 0 Å². The maximum absolute atomic E-state index is 12.0. The van der Waals surface area contributed by atoms with Gasteiger partial charge in [0.1, 0.15) is 5.82 Å². The Labute approximate surface area is 139 Å². The zero-order valence-corrected chi connectivity index (χ0v) is 14.2. The molecule has 2 unspecified atom stereocenters. The van der Waals surface area contributed by atoms with E-state index in [4.69, 9.17) is 0 Å². The topological polar surface area (TPSA) is 66.0 Å². The summed E-state index contributed by atoms with van der Waals surface area (Å²) >= 11 is 0. The van der Waals surface area contributed by atoms with E-state index in [-0.39, 0.29) is 5.91 Å². The van der Waals surface area contributed by atoms with Gasteiger partial charge in [0.2, 0.25) is 5.91 Å². The highest BCUT2D eigenvalue weighted by Gasteiger charge is 2.21. The van der Waals surface area contributed by atoms with Gasteiger partial charge in [-0.1, -0.05) is 13.0 Å². The molecule has 1 fully saturated rings. The van der Waals surface area contributed by atoms with Crippen LogP contribution in [0.5, 0.6) is 0 Å². The van der Waals surface area contributed by atoms with Gasteiger partial charge in [-0.25, -0.2) is 4.98 Å². The van der Waals surface area contributed by atoms with Crippen molar-refractivity contribution in [2.75, 3.05) is 31.5 Å². The van der Waals surface area contributed by atoms with Gasteiger partial charge in [0.25, 0.3) is 0 Å². The van der Waals surface area contributed by atoms with Crippen molar-refractivity contribution in [3.8, 4) is 0 Å². The summed E-state index contributed by atoms with van der Waals surface area (Å²) < 4.78 is 0. The van der Waals surface area contributed by atoms with E-state index >= 15 is 0 Å². The maximum Gasteiger partial charge on any atom is 0.220 e. The zero-order valence-electron chi connectivity index (χ0n) is 14.2. The molecule has 1 amide bonds. The first-order valence-electron chi connectivity index (χ1n) is 8.88. The van der Waals surface area contributed by atoms with Crippen molar-refractivity contribution in [1.82, 2.24) is 15.6 Å². The Morgan fingerprint density at radius 3 is 3.00 bits per heavy atom. The lowest BCUT2D eigenvalue weighted by molar-refractivity contribution is -0.122. The van der Waals surface area contributed by atoms with E-state index in [9.17, 15) is 4.79 Å². The van der Waals surface area contributed by atoms with E-state index in [1.165, 1.54) is 12.8 Å². The minimum Gasteiger partial charge on any atom is -0.370 e. The van der Waals surface area contributed by atoms with Crippen molar-refractivity contribution in [3.05, 3.63) is 24.4 Å². The van der Waals surface area contributed by atoms with Crippen LogP contribution in [-0.2, 0) is 4.79 Å². The summed E-state index contributed by atoms with van der Waals surface area (Å²) in [5.41, 5.74) is 0. The molecular formula is C18H30N4O. The Morgan fingerprint density at radius 1 is 1.39 bits per heavy atom. The summed E-state index contributed by atoms with van der Waals surface area (Å²) in [4.78, 5) is 16.2. The number of carbonyl (C=O) groups is 1. The molecule has 1 saturated heterocycles. The number of hydrogen-bond acceptors (Lipinski definition) is 4. The summed E-state index contributed by atoms with van der Waals surface area (Å²) in [6.45, 7) is 6.04. The van der Waals surface area contributed by atoms with Crippen LogP contribution in [0.3, 0.4) is 0 Å². The summed E-state index contributed by atoms with van der Waals surface area (Å²) in [5.74, 6) is 2.22. The first kappa shape index (κ1) is 17.7. The van der Waals surface area contributed by atoms with Crippen molar-refractivity contribution < 1.29 is 4.79 Å². The molecule has 0 saturated carbocycles. The highest BCUT2D eigenvalue weighted by molar-refractivity contribution is 5.76. The zero-order chi connectivity index (χ0) is 16.3. The Morgan fingerprint density at radius 2 is 2.26 bits per heavy atom. The molecule has 1 aromatic heterocycles. The average molecular weight is 318 g/mol. The van der Waals surface area contributed by atoms with Crippen LogP contribution < -0.4 is 16.0 Å². The molecule has 0 aromatic carbocycles. The fourth-order valence-corrected chi connectivity index (χ4v) is 3.06. The van der Waals surface area contributed by atoms with E-state index in [1.54, 1.807) is 6.20 Å². The number of aromatic nitrogens is 1. The van der Waals surface area contributed by atoms with Gasteiger partial charge in [0, 0.05) is 25.7 Å². The summed E-state index contributed by atoms with van der Waals surface area (Å²) in [5, 5.41) is 9.75. The minimum atomic E-state index is 0.195. The molecule has 3 N–H and O–H groups in total. The molecule has 2 rings (SSSR count). The summed E-state index contributed by atoms with van der Waals surface area (Å²) in [6.07, 6.45) is 6.94. The third kappa shape index (κ3) is 6.99.